The molecular weight excluding hydrogens is 242 g/mol. The Bertz CT molecular complexity index is 274. The molecule has 4 N–H and O–H groups in total. The van der Waals surface area contributed by atoms with E-state index in [9.17, 15) is 9.59 Å². The van der Waals surface area contributed by atoms with Crippen molar-refractivity contribution in [2.75, 3.05) is 19.6 Å². The number of nitrogens with two attached hydrogens (primary N) is 1. The van der Waals surface area contributed by atoms with Gasteiger partial charge in [0.05, 0.1) is 12.0 Å². The number of hydrogen-bond acceptors (Lipinski definition) is 3. The van der Waals surface area contributed by atoms with Crippen LogP contribution in [-0.2, 0) is 9.59 Å². The highest BCUT2D eigenvalue weighted by atomic mass is 16.2. The van der Waals surface area contributed by atoms with E-state index in [0.717, 1.165) is 32.1 Å². The molecule has 0 saturated heterocycles. The monoisotopic (exact) mass is 271 g/mol. The zero-order chi connectivity index (χ0) is 14.7. The van der Waals surface area contributed by atoms with E-state index in [1.54, 1.807) is 0 Å². The molecule has 0 aromatic rings. The van der Waals surface area contributed by atoms with Crippen molar-refractivity contribution in [3.8, 4) is 0 Å². The summed E-state index contributed by atoms with van der Waals surface area (Å²) in [5.41, 5.74) is 5.29. The smallest absolute Gasteiger partial charge is 0.239 e. The summed E-state index contributed by atoms with van der Waals surface area (Å²) in [5.74, 6) is -0.237. The Labute approximate surface area is 116 Å². The summed E-state index contributed by atoms with van der Waals surface area (Å²) in [5, 5.41) is 5.46. The van der Waals surface area contributed by atoms with Gasteiger partial charge in [-0.2, -0.15) is 0 Å². The van der Waals surface area contributed by atoms with E-state index in [0.29, 0.717) is 13.1 Å². The van der Waals surface area contributed by atoms with E-state index in [1.807, 2.05) is 20.8 Å². The molecule has 0 aliphatic carbocycles. The third kappa shape index (κ3) is 6.05. The van der Waals surface area contributed by atoms with Gasteiger partial charge in [-0.1, -0.05) is 33.6 Å². The largest absolute Gasteiger partial charge is 0.355 e. The summed E-state index contributed by atoms with van der Waals surface area (Å²) in [6.07, 6.45) is 4.23. The molecule has 2 amide bonds. The zero-order valence-electron chi connectivity index (χ0n) is 12.6. The van der Waals surface area contributed by atoms with Crippen molar-refractivity contribution in [1.29, 1.82) is 0 Å². The Morgan fingerprint density at radius 1 is 1.00 bits per heavy atom. The SMILES string of the molecule is CCCNC(=O)CNC(=O)C(CN)(CCC)CCC. The number of carbonyl (C=O) groups excluding carboxylic acids is 2. The minimum absolute atomic E-state index is 0.0357. The molecule has 0 saturated carbocycles. The summed E-state index contributed by atoms with van der Waals surface area (Å²) >= 11 is 0. The topological polar surface area (TPSA) is 84.2 Å². The van der Waals surface area contributed by atoms with Crippen LogP contribution in [0.25, 0.3) is 0 Å². The Hall–Kier alpha value is -1.10. The Balaban J connectivity index is 4.43. The molecule has 0 aromatic heterocycles. The average molecular weight is 271 g/mol. The van der Waals surface area contributed by atoms with Crippen LogP contribution in [0.15, 0.2) is 0 Å². The fourth-order valence-electron chi connectivity index (χ4n) is 2.28. The third-order valence-electron chi connectivity index (χ3n) is 3.31. The maximum atomic E-state index is 12.3. The lowest BCUT2D eigenvalue weighted by Crippen LogP contribution is -2.48. The van der Waals surface area contributed by atoms with Crippen molar-refractivity contribution in [1.82, 2.24) is 10.6 Å². The molecule has 0 aliphatic heterocycles. The lowest BCUT2D eigenvalue weighted by molar-refractivity contribution is -0.133. The zero-order valence-corrected chi connectivity index (χ0v) is 12.6. The van der Waals surface area contributed by atoms with Crippen LogP contribution in [0.4, 0.5) is 0 Å². The molecule has 0 spiro atoms. The fraction of sp³-hybridized carbons (Fsp3) is 0.857. The highest BCUT2D eigenvalue weighted by Gasteiger charge is 2.35. The molecular formula is C14H29N3O2. The number of rotatable bonds is 10. The van der Waals surface area contributed by atoms with Gasteiger partial charge in [0, 0.05) is 13.1 Å². The third-order valence-corrected chi connectivity index (χ3v) is 3.31. The lowest BCUT2D eigenvalue weighted by atomic mass is 9.78. The predicted molar refractivity (Wildman–Crippen MR) is 77.6 cm³/mol. The van der Waals surface area contributed by atoms with Gasteiger partial charge in [-0.05, 0) is 19.3 Å². The Morgan fingerprint density at radius 2 is 1.58 bits per heavy atom. The first-order valence-corrected chi connectivity index (χ1v) is 7.31. The first kappa shape index (κ1) is 17.9. The minimum Gasteiger partial charge on any atom is -0.355 e. The molecule has 0 atom stereocenters. The fourth-order valence-corrected chi connectivity index (χ4v) is 2.28. The normalized spacial score (nSPS) is 11.2. The first-order chi connectivity index (χ1) is 9.06. The van der Waals surface area contributed by atoms with Gasteiger partial charge < -0.3 is 16.4 Å². The van der Waals surface area contributed by atoms with Crippen LogP contribution >= 0.6 is 0 Å². The predicted octanol–water partition coefficient (Wildman–Crippen LogP) is 1.17. The Morgan fingerprint density at radius 3 is 2.00 bits per heavy atom. The van der Waals surface area contributed by atoms with Gasteiger partial charge in [0.25, 0.3) is 0 Å². The van der Waals surface area contributed by atoms with Gasteiger partial charge in [0.1, 0.15) is 0 Å². The molecule has 0 aliphatic rings. The molecule has 0 rings (SSSR count). The van der Waals surface area contributed by atoms with Gasteiger partial charge >= 0.3 is 0 Å². The number of amides is 2. The van der Waals surface area contributed by atoms with E-state index < -0.39 is 5.41 Å². The second kappa shape index (κ2) is 9.78. The van der Waals surface area contributed by atoms with E-state index in [-0.39, 0.29) is 18.4 Å². The van der Waals surface area contributed by atoms with E-state index >= 15 is 0 Å². The van der Waals surface area contributed by atoms with Crippen LogP contribution < -0.4 is 16.4 Å². The second-order valence-electron chi connectivity index (χ2n) is 5.02. The standard InChI is InChI=1S/C14H29N3O2/c1-4-7-14(11-15,8-5-2)13(19)17-10-12(18)16-9-6-3/h4-11,15H2,1-3H3,(H,16,18)(H,17,19). The van der Waals surface area contributed by atoms with Gasteiger partial charge in [0.2, 0.25) is 11.8 Å². The molecule has 0 unspecified atom stereocenters. The molecule has 0 heterocycles. The highest BCUT2D eigenvalue weighted by Crippen LogP contribution is 2.28. The van der Waals surface area contributed by atoms with Crippen LogP contribution in [-0.4, -0.2) is 31.4 Å². The van der Waals surface area contributed by atoms with Crippen molar-refractivity contribution < 1.29 is 9.59 Å². The summed E-state index contributed by atoms with van der Waals surface area (Å²) < 4.78 is 0. The van der Waals surface area contributed by atoms with Gasteiger partial charge in [-0.25, -0.2) is 0 Å². The Kier molecular flexibility index (Phi) is 9.21. The van der Waals surface area contributed by atoms with Crippen LogP contribution in [0.2, 0.25) is 0 Å². The molecule has 0 aromatic carbocycles. The summed E-state index contributed by atoms with van der Waals surface area (Å²) in [7, 11) is 0. The summed E-state index contributed by atoms with van der Waals surface area (Å²) in [6.45, 7) is 7.08. The van der Waals surface area contributed by atoms with Crippen molar-refractivity contribution in [3.63, 3.8) is 0 Å². The van der Waals surface area contributed by atoms with Crippen molar-refractivity contribution in [2.24, 2.45) is 11.1 Å². The maximum Gasteiger partial charge on any atom is 0.239 e. The molecule has 19 heavy (non-hydrogen) atoms. The van der Waals surface area contributed by atoms with Crippen LogP contribution in [0.3, 0.4) is 0 Å². The van der Waals surface area contributed by atoms with Gasteiger partial charge in [-0.15, -0.1) is 0 Å². The first-order valence-electron chi connectivity index (χ1n) is 7.31. The molecule has 0 radical (unpaired) electrons. The molecule has 5 heteroatoms. The van der Waals surface area contributed by atoms with Gasteiger partial charge in [0.15, 0.2) is 0 Å². The van der Waals surface area contributed by atoms with Crippen molar-refractivity contribution >= 4 is 11.8 Å². The summed E-state index contributed by atoms with van der Waals surface area (Å²) in [6, 6.07) is 0. The van der Waals surface area contributed by atoms with E-state index in [4.69, 9.17) is 5.73 Å². The molecule has 112 valence electrons. The van der Waals surface area contributed by atoms with E-state index in [1.165, 1.54) is 0 Å². The van der Waals surface area contributed by atoms with Crippen LogP contribution in [0.1, 0.15) is 52.9 Å². The number of carbonyl (C=O) groups is 2. The van der Waals surface area contributed by atoms with Crippen LogP contribution in [0.5, 0.6) is 0 Å². The molecule has 0 fully saturated rings. The van der Waals surface area contributed by atoms with Crippen molar-refractivity contribution in [3.05, 3.63) is 0 Å². The average Bonchev–Trinajstić information content (AvgIpc) is 2.41. The summed E-state index contributed by atoms with van der Waals surface area (Å²) in [4.78, 5) is 23.8. The second-order valence-corrected chi connectivity index (χ2v) is 5.02. The number of hydrogen-bond donors (Lipinski definition) is 3. The quantitative estimate of drug-likeness (QED) is 0.558. The highest BCUT2D eigenvalue weighted by molar-refractivity contribution is 5.88. The van der Waals surface area contributed by atoms with Crippen molar-refractivity contribution in [2.45, 2.75) is 52.9 Å². The molecule has 5 nitrogen and oxygen atoms in total. The van der Waals surface area contributed by atoms with Gasteiger partial charge in [-0.3, -0.25) is 9.59 Å². The number of nitrogens with one attached hydrogen (secondary N) is 2. The lowest BCUT2D eigenvalue weighted by Gasteiger charge is -2.30. The minimum atomic E-state index is -0.519. The molecule has 0 bridgehead atoms. The van der Waals surface area contributed by atoms with E-state index in [2.05, 4.69) is 10.6 Å². The van der Waals surface area contributed by atoms with Crippen LogP contribution in [0, 0.1) is 5.41 Å². The maximum absolute atomic E-state index is 12.3.